The standard InChI is InChI=1S/C26H20N4O3/c31-23(15-33-26(32)20-12-10-18(11-13-20)14-30-17-27-16-28-30)24-21-8-4-5-9-22(21)29-25(24)19-6-2-1-3-7-19/h1-13,16-17,29H,14-15H2. The van der Waals surface area contributed by atoms with Crippen LogP contribution in [0.15, 0.2) is 91.5 Å². The lowest BCUT2D eigenvalue weighted by atomic mass is 10.0. The van der Waals surface area contributed by atoms with Crippen molar-refractivity contribution in [2.75, 3.05) is 6.61 Å². The molecule has 1 N–H and O–H groups in total. The maximum Gasteiger partial charge on any atom is 0.338 e. The van der Waals surface area contributed by atoms with E-state index in [0.29, 0.717) is 17.7 Å². The average Bonchev–Trinajstić information content (AvgIpc) is 3.51. The highest BCUT2D eigenvalue weighted by Gasteiger charge is 2.21. The lowest BCUT2D eigenvalue weighted by Crippen LogP contribution is -2.15. The Bertz CT molecular complexity index is 1410. The number of carbonyl (C=O) groups excluding carboxylic acids is 2. The number of carbonyl (C=O) groups is 2. The van der Waals surface area contributed by atoms with Crippen LogP contribution in [-0.2, 0) is 11.3 Å². The molecule has 7 nitrogen and oxygen atoms in total. The van der Waals surface area contributed by atoms with Crippen LogP contribution in [0.3, 0.4) is 0 Å². The molecule has 2 heterocycles. The quantitative estimate of drug-likeness (QED) is 0.299. The van der Waals surface area contributed by atoms with Gasteiger partial charge in [0, 0.05) is 10.9 Å². The van der Waals surface area contributed by atoms with E-state index in [1.807, 2.05) is 66.7 Å². The zero-order valence-electron chi connectivity index (χ0n) is 17.6. The molecule has 5 aromatic rings. The van der Waals surface area contributed by atoms with Gasteiger partial charge >= 0.3 is 5.97 Å². The third-order valence-electron chi connectivity index (χ3n) is 5.38. The third-order valence-corrected chi connectivity index (χ3v) is 5.38. The van der Waals surface area contributed by atoms with Gasteiger partial charge in [-0.15, -0.1) is 0 Å². The number of aromatic nitrogens is 4. The van der Waals surface area contributed by atoms with Gasteiger partial charge in [-0.3, -0.25) is 4.79 Å². The van der Waals surface area contributed by atoms with E-state index in [2.05, 4.69) is 15.1 Å². The lowest BCUT2D eigenvalue weighted by Gasteiger charge is -2.07. The van der Waals surface area contributed by atoms with Crippen molar-refractivity contribution in [1.29, 1.82) is 0 Å². The molecule has 0 radical (unpaired) electrons. The molecular formula is C26H20N4O3. The molecule has 3 aromatic carbocycles. The van der Waals surface area contributed by atoms with Crippen LogP contribution in [-0.4, -0.2) is 38.1 Å². The molecule has 0 saturated carbocycles. The van der Waals surface area contributed by atoms with Crippen molar-refractivity contribution in [3.05, 3.63) is 108 Å². The Morgan fingerprint density at radius 1 is 0.909 bits per heavy atom. The number of ketones is 1. The number of para-hydroxylation sites is 1. The smallest absolute Gasteiger partial charge is 0.338 e. The summed E-state index contributed by atoms with van der Waals surface area (Å²) in [6.07, 6.45) is 3.10. The van der Waals surface area contributed by atoms with Crippen molar-refractivity contribution in [2.45, 2.75) is 6.54 Å². The van der Waals surface area contributed by atoms with Crippen LogP contribution in [0, 0.1) is 0 Å². The summed E-state index contributed by atoms with van der Waals surface area (Å²) in [4.78, 5) is 33.0. The summed E-state index contributed by atoms with van der Waals surface area (Å²) in [5, 5.41) is 4.87. The van der Waals surface area contributed by atoms with Crippen molar-refractivity contribution in [3.63, 3.8) is 0 Å². The van der Waals surface area contributed by atoms with E-state index in [-0.39, 0.29) is 12.4 Å². The van der Waals surface area contributed by atoms with E-state index in [1.54, 1.807) is 23.1 Å². The molecule has 0 atom stereocenters. The first-order valence-corrected chi connectivity index (χ1v) is 10.5. The highest BCUT2D eigenvalue weighted by atomic mass is 16.5. The summed E-state index contributed by atoms with van der Waals surface area (Å²) in [7, 11) is 0. The molecule has 0 aliphatic carbocycles. The average molecular weight is 436 g/mol. The fourth-order valence-corrected chi connectivity index (χ4v) is 3.79. The second kappa shape index (κ2) is 8.92. The Morgan fingerprint density at radius 3 is 2.42 bits per heavy atom. The minimum Gasteiger partial charge on any atom is -0.454 e. The largest absolute Gasteiger partial charge is 0.454 e. The fourth-order valence-electron chi connectivity index (χ4n) is 3.79. The minimum absolute atomic E-state index is 0.262. The molecular weight excluding hydrogens is 416 g/mol. The second-order valence-electron chi connectivity index (χ2n) is 7.58. The number of hydrogen-bond acceptors (Lipinski definition) is 5. The SMILES string of the molecule is O=C(OCC(=O)c1c(-c2ccccc2)[nH]c2ccccc12)c1ccc(Cn2cncn2)cc1. The predicted octanol–water partition coefficient (Wildman–Crippen LogP) is 4.51. The number of esters is 1. The molecule has 0 spiro atoms. The van der Waals surface area contributed by atoms with Gasteiger partial charge in [0.2, 0.25) is 5.78 Å². The maximum atomic E-state index is 13.2. The summed E-state index contributed by atoms with van der Waals surface area (Å²) < 4.78 is 7.06. The minimum atomic E-state index is -0.545. The van der Waals surface area contributed by atoms with E-state index in [0.717, 1.165) is 27.7 Å². The van der Waals surface area contributed by atoms with Crippen LogP contribution in [0.4, 0.5) is 0 Å². The van der Waals surface area contributed by atoms with Crippen molar-refractivity contribution in [2.24, 2.45) is 0 Å². The van der Waals surface area contributed by atoms with Gasteiger partial charge in [-0.05, 0) is 29.3 Å². The Morgan fingerprint density at radius 2 is 1.67 bits per heavy atom. The van der Waals surface area contributed by atoms with Crippen LogP contribution in [0.25, 0.3) is 22.2 Å². The van der Waals surface area contributed by atoms with Gasteiger partial charge in [0.25, 0.3) is 0 Å². The van der Waals surface area contributed by atoms with E-state index in [9.17, 15) is 9.59 Å². The molecule has 0 amide bonds. The molecule has 7 heteroatoms. The summed E-state index contributed by atoms with van der Waals surface area (Å²) >= 11 is 0. The molecule has 2 aromatic heterocycles. The number of hydrogen-bond donors (Lipinski definition) is 1. The van der Waals surface area contributed by atoms with Gasteiger partial charge in [-0.1, -0.05) is 60.7 Å². The van der Waals surface area contributed by atoms with E-state index < -0.39 is 5.97 Å². The summed E-state index contributed by atoms with van der Waals surface area (Å²) in [6, 6.07) is 24.3. The van der Waals surface area contributed by atoms with Crippen LogP contribution in [0.2, 0.25) is 0 Å². The summed E-state index contributed by atoms with van der Waals surface area (Å²) in [6.45, 7) is 0.206. The second-order valence-corrected chi connectivity index (χ2v) is 7.58. The number of nitrogens with one attached hydrogen (secondary N) is 1. The van der Waals surface area contributed by atoms with Crippen molar-refractivity contribution >= 4 is 22.7 Å². The van der Waals surface area contributed by atoms with E-state index in [1.165, 1.54) is 6.33 Å². The van der Waals surface area contributed by atoms with Crippen LogP contribution in [0.1, 0.15) is 26.3 Å². The molecule has 0 aliphatic heterocycles. The van der Waals surface area contributed by atoms with Crippen LogP contribution in [0.5, 0.6) is 0 Å². The highest BCUT2D eigenvalue weighted by Crippen LogP contribution is 2.30. The number of H-pyrrole nitrogens is 1. The van der Waals surface area contributed by atoms with Gasteiger partial charge in [0.15, 0.2) is 6.61 Å². The van der Waals surface area contributed by atoms with E-state index >= 15 is 0 Å². The Kier molecular flexibility index (Phi) is 5.51. The summed E-state index contributed by atoms with van der Waals surface area (Å²) in [5.41, 5.74) is 4.34. The van der Waals surface area contributed by atoms with Gasteiger partial charge < -0.3 is 9.72 Å². The van der Waals surface area contributed by atoms with Gasteiger partial charge in [-0.2, -0.15) is 5.10 Å². The number of nitrogens with zero attached hydrogens (tertiary/aromatic N) is 3. The zero-order chi connectivity index (χ0) is 22.6. The first-order chi connectivity index (χ1) is 16.2. The monoisotopic (exact) mass is 436 g/mol. The molecule has 5 rings (SSSR count). The number of aromatic amines is 1. The number of Topliss-reactive ketones (excluding diaryl/α,β-unsaturated/α-hetero) is 1. The number of ether oxygens (including phenoxy) is 1. The summed E-state index contributed by atoms with van der Waals surface area (Å²) in [5.74, 6) is -0.806. The molecule has 162 valence electrons. The molecule has 33 heavy (non-hydrogen) atoms. The van der Waals surface area contributed by atoms with Crippen LogP contribution >= 0.6 is 0 Å². The number of fused-ring (bicyclic) bond motifs is 1. The first-order valence-electron chi connectivity index (χ1n) is 10.5. The van der Waals surface area contributed by atoms with Crippen molar-refractivity contribution in [3.8, 4) is 11.3 Å². The van der Waals surface area contributed by atoms with Crippen molar-refractivity contribution in [1.82, 2.24) is 19.7 Å². The number of rotatable bonds is 7. The number of benzene rings is 3. The molecule has 0 saturated heterocycles. The topological polar surface area (TPSA) is 89.9 Å². The van der Waals surface area contributed by atoms with E-state index in [4.69, 9.17) is 4.74 Å². The molecule has 0 bridgehead atoms. The molecule has 0 fully saturated rings. The Labute approximate surface area is 189 Å². The van der Waals surface area contributed by atoms with Crippen LogP contribution < -0.4 is 0 Å². The highest BCUT2D eigenvalue weighted by molar-refractivity contribution is 6.14. The molecule has 0 aliphatic rings. The third kappa shape index (κ3) is 4.29. The first kappa shape index (κ1) is 20.4. The van der Waals surface area contributed by atoms with Gasteiger partial charge in [-0.25, -0.2) is 14.5 Å². The van der Waals surface area contributed by atoms with Gasteiger partial charge in [0.1, 0.15) is 12.7 Å². The Balaban J connectivity index is 1.32. The van der Waals surface area contributed by atoms with Gasteiger partial charge in [0.05, 0.1) is 23.4 Å². The molecule has 0 unspecified atom stereocenters. The Hall–Kier alpha value is -4.52. The fraction of sp³-hybridized carbons (Fsp3) is 0.0769. The zero-order valence-corrected chi connectivity index (χ0v) is 17.6. The lowest BCUT2D eigenvalue weighted by molar-refractivity contribution is 0.0475. The van der Waals surface area contributed by atoms with Crippen molar-refractivity contribution < 1.29 is 14.3 Å². The maximum absolute atomic E-state index is 13.2. The predicted molar refractivity (Wildman–Crippen MR) is 124 cm³/mol. The normalized spacial score (nSPS) is 10.9.